The largest absolute Gasteiger partial charge is 0.481 e. The van der Waals surface area contributed by atoms with Gasteiger partial charge in [0.1, 0.15) is 0 Å². The molecule has 0 heterocycles. The molecule has 3 aliphatic carbocycles. The zero-order valence-electron chi connectivity index (χ0n) is 17.3. The molecule has 3 saturated carbocycles. The maximum atomic E-state index is 10.9. The summed E-state index contributed by atoms with van der Waals surface area (Å²) in [7, 11) is 0. The molecule has 150 valence electrons. The minimum Gasteiger partial charge on any atom is -0.481 e. The van der Waals surface area contributed by atoms with Crippen LogP contribution in [-0.2, 0) is 4.79 Å². The van der Waals surface area contributed by atoms with Crippen LogP contribution in [0.2, 0.25) is 0 Å². The molecule has 0 aromatic rings. The van der Waals surface area contributed by atoms with Crippen LogP contribution in [0.25, 0.3) is 0 Å². The van der Waals surface area contributed by atoms with Crippen molar-refractivity contribution >= 4 is 5.97 Å². The first-order valence-electron chi connectivity index (χ1n) is 11.1. The summed E-state index contributed by atoms with van der Waals surface area (Å²) in [6, 6.07) is 0. The van der Waals surface area contributed by atoms with Gasteiger partial charge in [0.15, 0.2) is 0 Å². The number of carboxylic acids is 1. The zero-order chi connectivity index (χ0) is 19.1. The molecule has 0 amide bonds. The third kappa shape index (κ3) is 3.70. The van der Waals surface area contributed by atoms with Gasteiger partial charge in [0.2, 0.25) is 0 Å². The molecule has 0 aromatic carbocycles. The van der Waals surface area contributed by atoms with Gasteiger partial charge in [0, 0.05) is 6.42 Å². The van der Waals surface area contributed by atoms with Crippen LogP contribution in [0.3, 0.4) is 0 Å². The molecule has 9 atom stereocenters. The molecule has 3 aliphatic rings. The topological polar surface area (TPSA) is 57.5 Å². The summed E-state index contributed by atoms with van der Waals surface area (Å²) in [6.45, 7) is 9.73. The lowest BCUT2D eigenvalue weighted by Gasteiger charge is -2.55. The SMILES string of the molecule is CC1[C@H]([C@@H]2CC[C@@H]3C[C@H](O)CC[C@]3(C)C2C)CC[C@@H]1[C@H](C)CCC(=O)O. The van der Waals surface area contributed by atoms with E-state index in [4.69, 9.17) is 5.11 Å². The third-order valence-electron chi connectivity index (χ3n) is 9.31. The Morgan fingerprint density at radius 3 is 2.50 bits per heavy atom. The zero-order valence-corrected chi connectivity index (χ0v) is 17.3. The Labute approximate surface area is 160 Å². The van der Waals surface area contributed by atoms with Crippen molar-refractivity contribution in [3.63, 3.8) is 0 Å². The van der Waals surface area contributed by atoms with E-state index in [0.29, 0.717) is 29.6 Å². The van der Waals surface area contributed by atoms with Gasteiger partial charge < -0.3 is 10.2 Å². The molecule has 26 heavy (non-hydrogen) atoms. The van der Waals surface area contributed by atoms with Gasteiger partial charge in [-0.05, 0) is 98.2 Å². The highest BCUT2D eigenvalue weighted by atomic mass is 16.4. The van der Waals surface area contributed by atoms with Crippen molar-refractivity contribution in [3.8, 4) is 0 Å². The maximum absolute atomic E-state index is 10.9. The summed E-state index contributed by atoms with van der Waals surface area (Å²) in [4.78, 5) is 10.9. The van der Waals surface area contributed by atoms with Crippen molar-refractivity contribution < 1.29 is 15.0 Å². The second-order valence-corrected chi connectivity index (χ2v) is 10.3. The fourth-order valence-corrected chi connectivity index (χ4v) is 7.36. The number of carbonyl (C=O) groups is 1. The van der Waals surface area contributed by atoms with Crippen LogP contribution >= 0.6 is 0 Å². The van der Waals surface area contributed by atoms with Gasteiger partial charge in [0.05, 0.1) is 6.10 Å². The van der Waals surface area contributed by atoms with Gasteiger partial charge in [-0.15, -0.1) is 0 Å². The van der Waals surface area contributed by atoms with Gasteiger partial charge in [-0.25, -0.2) is 0 Å². The fourth-order valence-electron chi connectivity index (χ4n) is 7.36. The molecular weight excluding hydrogens is 324 g/mol. The number of hydrogen-bond donors (Lipinski definition) is 2. The smallest absolute Gasteiger partial charge is 0.303 e. The van der Waals surface area contributed by atoms with E-state index in [0.717, 1.165) is 42.9 Å². The third-order valence-corrected chi connectivity index (χ3v) is 9.31. The normalized spacial score (nSPS) is 47.3. The number of rotatable bonds is 5. The Kier molecular flexibility index (Phi) is 6.06. The molecule has 3 fully saturated rings. The van der Waals surface area contributed by atoms with Gasteiger partial charge in [-0.2, -0.15) is 0 Å². The summed E-state index contributed by atoms with van der Waals surface area (Å²) >= 11 is 0. The number of hydrogen-bond acceptors (Lipinski definition) is 2. The first kappa shape index (κ1) is 20.2. The van der Waals surface area contributed by atoms with E-state index in [1.807, 2.05) is 0 Å². The van der Waals surface area contributed by atoms with E-state index < -0.39 is 5.97 Å². The lowest BCUT2D eigenvalue weighted by atomic mass is 9.50. The van der Waals surface area contributed by atoms with Crippen molar-refractivity contribution in [3.05, 3.63) is 0 Å². The minimum absolute atomic E-state index is 0.0679. The van der Waals surface area contributed by atoms with Gasteiger partial charge >= 0.3 is 5.97 Å². The summed E-state index contributed by atoms with van der Waals surface area (Å²) < 4.78 is 0. The molecule has 0 radical (unpaired) electrons. The Morgan fingerprint density at radius 2 is 1.81 bits per heavy atom. The average Bonchev–Trinajstić information content (AvgIpc) is 2.96. The van der Waals surface area contributed by atoms with Crippen LogP contribution in [0.4, 0.5) is 0 Å². The van der Waals surface area contributed by atoms with Crippen LogP contribution in [-0.4, -0.2) is 22.3 Å². The molecule has 0 aliphatic heterocycles. The Bertz CT molecular complexity index is 504. The van der Waals surface area contributed by atoms with E-state index in [-0.39, 0.29) is 6.10 Å². The van der Waals surface area contributed by atoms with E-state index >= 15 is 0 Å². The lowest BCUT2D eigenvalue weighted by molar-refractivity contribution is -0.137. The molecule has 3 heteroatoms. The van der Waals surface area contributed by atoms with Crippen molar-refractivity contribution in [1.29, 1.82) is 0 Å². The molecule has 0 aromatic heterocycles. The quantitative estimate of drug-likeness (QED) is 0.690. The highest BCUT2D eigenvalue weighted by Gasteiger charge is 2.52. The summed E-state index contributed by atoms with van der Waals surface area (Å²) in [6.07, 6.45) is 9.52. The predicted octanol–water partition coefficient (Wildman–Crippen LogP) is 5.36. The Hall–Kier alpha value is -0.570. The number of aliphatic hydroxyl groups is 1. The lowest BCUT2D eigenvalue weighted by Crippen LogP contribution is -2.48. The predicted molar refractivity (Wildman–Crippen MR) is 105 cm³/mol. The van der Waals surface area contributed by atoms with Crippen molar-refractivity contribution in [2.75, 3.05) is 0 Å². The monoisotopic (exact) mass is 364 g/mol. The van der Waals surface area contributed by atoms with Crippen LogP contribution in [0, 0.1) is 46.8 Å². The molecule has 3 nitrogen and oxygen atoms in total. The van der Waals surface area contributed by atoms with E-state index in [9.17, 15) is 9.90 Å². The van der Waals surface area contributed by atoms with E-state index in [2.05, 4.69) is 27.7 Å². The Morgan fingerprint density at radius 1 is 1.12 bits per heavy atom. The van der Waals surface area contributed by atoms with Crippen molar-refractivity contribution in [1.82, 2.24) is 0 Å². The number of aliphatic hydroxyl groups excluding tert-OH is 1. The number of aliphatic carboxylic acids is 1. The number of fused-ring (bicyclic) bond motifs is 1. The van der Waals surface area contributed by atoms with E-state index in [1.165, 1.54) is 32.1 Å². The van der Waals surface area contributed by atoms with Gasteiger partial charge in [-0.1, -0.05) is 27.7 Å². The first-order valence-corrected chi connectivity index (χ1v) is 11.1. The molecule has 0 bridgehead atoms. The highest BCUT2D eigenvalue weighted by molar-refractivity contribution is 5.66. The van der Waals surface area contributed by atoms with Crippen molar-refractivity contribution in [2.45, 2.75) is 91.6 Å². The maximum Gasteiger partial charge on any atom is 0.303 e. The molecule has 2 N–H and O–H groups in total. The summed E-state index contributed by atoms with van der Waals surface area (Å²) in [5.41, 5.74) is 0.412. The molecule has 3 rings (SSSR count). The molecule has 2 unspecified atom stereocenters. The fraction of sp³-hybridized carbons (Fsp3) is 0.957. The van der Waals surface area contributed by atoms with Crippen LogP contribution in [0.1, 0.15) is 85.5 Å². The second kappa shape index (κ2) is 7.81. The highest BCUT2D eigenvalue weighted by Crippen LogP contribution is 2.59. The average molecular weight is 365 g/mol. The standard InChI is InChI=1S/C23H40O3/c1-14(5-10-22(25)26)19-8-9-20(15(19)2)21-7-6-17-13-18(24)11-12-23(17,4)16(21)3/h14-21,24H,5-13H2,1-4H3,(H,25,26)/t14-,15?,16?,17-,18-,19-,20-,21-,23-/m1/s1. The first-order chi connectivity index (χ1) is 12.2. The van der Waals surface area contributed by atoms with Crippen LogP contribution in [0.5, 0.6) is 0 Å². The van der Waals surface area contributed by atoms with Crippen molar-refractivity contribution in [2.24, 2.45) is 46.8 Å². The second-order valence-electron chi connectivity index (χ2n) is 10.3. The van der Waals surface area contributed by atoms with Crippen LogP contribution < -0.4 is 0 Å². The van der Waals surface area contributed by atoms with E-state index in [1.54, 1.807) is 0 Å². The summed E-state index contributed by atoms with van der Waals surface area (Å²) in [5, 5.41) is 19.1. The molecular formula is C23H40O3. The minimum atomic E-state index is -0.654. The number of carboxylic acid groups (broad SMARTS) is 1. The molecule has 0 saturated heterocycles. The van der Waals surface area contributed by atoms with Gasteiger partial charge in [-0.3, -0.25) is 4.79 Å². The molecule has 0 spiro atoms. The summed E-state index contributed by atoms with van der Waals surface area (Å²) in [5.74, 6) is 4.38. The van der Waals surface area contributed by atoms with Crippen LogP contribution in [0.15, 0.2) is 0 Å². The Balaban J connectivity index is 1.65. The van der Waals surface area contributed by atoms with Gasteiger partial charge in [0.25, 0.3) is 0 Å².